The van der Waals surface area contributed by atoms with Crippen LogP contribution < -0.4 is 5.73 Å². The largest absolute Gasteiger partial charge is 0.369 e. The highest BCUT2D eigenvalue weighted by atomic mass is 35.5. The van der Waals surface area contributed by atoms with Crippen molar-refractivity contribution in [2.24, 2.45) is 10.7 Å². The molecular weight excluding hydrogens is 234 g/mol. The van der Waals surface area contributed by atoms with E-state index < -0.39 is 0 Å². The van der Waals surface area contributed by atoms with E-state index in [2.05, 4.69) is 37.6 Å². The quantitative estimate of drug-likeness (QED) is 0.510. The maximum atomic E-state index is 5.80. The highest BCUT2D eigenvalue weighted by Gasteiger charge is 2.07. The maximum absolute atomic E-state index is 5.80. The zero-order chi connectivity index (χ0) is 13.0. The van der Waals surface area contributed by atoms with Crippen LogP contribution in [0.15, 0.2) is 34.9 Å². The first kappa shape index (κ1) is 13.6. The van der Waals surface area contributed by atoms with Crippen molar-refractivity contribution in [1.82, 2.24) is 4.90 Å². The minimum atomic E-state index is 0.191. The van der Waals surface area contributed by atoms with E-state index in [4.69, 9.17) is 17.3 Å². The van der Waals surface area contributed by atoms with Crippen LogP contribution in [0.3, 0.4) is 0 Å². The van der Waals surface area contributed by atoms with Gasteiger partial charge in [0.25, 0.3) is 0 Å². The lowest BCUT2D eigenvalue weighted by atomic mass is 10.0. The summed E-state index contributed by atoms with van der Waals surface area (Å²) in [6.07, 6.45) is 0. The van der Waals surface area contributed by atoms with Gasteiger partial charge in [0.15, 0.2) is 5.96 Å². The van der Waals surface area contributed by atoms with Crippen LogP contribution in [0.25, 0.3) is 0 Å². The summed E-state index contributed by atoms with van der Waals surface area (Å²) in [6.45, 7) is 8.37. The van der Waals surface area contributed by atoms with Crippen molar-refractivity contribution in [3.8, 4) is 0 Å². The molecule has 0 aliphatic heterocycles. The Labute approximate surface area is 108 Å². The molecule has 0 bridgehead atoms. The summed E-state index contributed by atoms with van der Waals surface area (Å²) in [5.74, 6) is 0.368. The Bertz CT molecular complexity index is 432. The second-order valence-corrected chi connectivity index (χ2v) is 4.51. The van der Waals surface area contributed by atoms with Gasteiger partial charge < -0.3 is 10.6 Å². The van der Waals surface area contributed by atoms with Crippen LogP contribution in [0.4, 0.5) is 0 Å². The summed E-state index contributed by atoms with van der Waals surface area (Å²) in [7, 11) is 1.88. The molecule has 0 aromatic heterocycles. The minimum Gasteiger partial charge on any atom is -0.369 e. The number of guanidine groups is 1. The van der Waals surface area contributed by atoms with Crippen molar-refractivity contribution in [3.05, 3.63) is 46.6 Å². The number of aliphatic imine (C=N–C) groups is 1. The molecule has 0 atom stereocenters. The van der Waals surface area contributed by atoms with Gasteiger partial charge >= 0.3 is 0 Å². The number of hydrogen-bond donors (Lipinski definition) is 1. The van der Waals surface area contributed by atoms with Gasteiger partial charge in [0.2, 0.25) is 0 Å². The Morgan fingerprint density at radius 1 is 1.41 bits per heavy atom. The van der Waals surface area contributed by atoms with Crippen LogP contribution in [-0.4, -0.2) is 17.9 Å². The van der Waals surface area contributed by atoms with Crippen molar-refractivity contribution >= 4 is 17.6 Å². The maximum Gasteiger partial charge on any atom is 0.197 e. The van der Waals surface area contributed by atoms with E-state index in [-0.39, 0.29) is 5.16 Å². The monoisotopic (exact) mass is 251 g/mol. The zero-order valence-electron chi connectivity index (χ0n) is 10.5. The van der Waals surface area contributed by atoms with Gasteiger partial charge in [0.05, 0.1) is 0 Å². The normalized spacial score (nSPS) is 11.4. The molecule has 1 aromatic rings. The van der Waals surface area contributed by atoms with Crippen LogP contribution in [0, 0.1) is 13.8 Å². The Morgan fingerprint density at radius 3 is 2.41 bits per heavy atom. The Hall–Kier alpha value is -1.48. The third-order valence-corrected chi connectivity index (χ3v) is 2.75. The molecule has 0 spiro atoms. The van der Waals surface area contributed by atoms with E-state index in [0.717, 1.165) is 0 Å². The highest BCUT2D eigenvalue weighted by Crippen LogP contribution is 2.15. The first-order valence-corrected chi connectivity index (χ1v) is 5.74. The second-order valence-electron chi connectivity index (χ2n) is 4.07. The topological polar surface area (TPSA) is 41.6 Å². The number of hydrogen-bond acceptors (Lipinski definition) is 1. The summed E-state index contributed by atoms with van der Waals surface area (Å²) in [5.41, 5.74) is 9.54. The number of rotatable bonds is 3. The van der Waals surface area contributed by atoms with E-state index in [1.54, 1.807) is 0 Å². The predicted molar refractivity (Wildman–Crippen MR) is 74.0 cm³/mol. The van der Waals surface area contributed by atoms with Gasteiger partial charge in [-0.15, -0.1) is 0 Å². The summed E-state index contributed by atoms with van der Waals surface area (Å²) in [6, 6.07) is 6.22. The molecule has 92 valence electrons. The fourth-order valence-electron chi connectivity index (χ4n) is 1.63. The molecule has 2 N–H and O–H groups in total. The molecule has 1 rings (SSSR count). The molecular formula is C13H18ClN3. The molecule has 0 heterocycles. The number of aryl methyl sites for hydroxylation is 2. The van der Waals surface area contributed by atoms with E-state index in [0.29, 0.717) is 12.5 Å². The van der Waals surface area contributed by atoms with E-state index in [1.165, 1.54) is 16.7 Å². The number of nitrogens with zero attached hydrogens (tertiary/aromatic N) is 2. The van der Waals surface area contributed by atoms with Crippen molar-refractivity contribution in [2.45, 2.75) is 20.4 Å². The summed E-state index contributed by atoms with van der Waals surface area (Å²) < 4.78 is 0. The molecule has 4 heteroatoms. The molecule has 0 saturated carbocycles. The average molecular weight is 252 g/mol. The first-order valence-electron chi connectivity index (χ1n) is 5.36. The molecule has 1 aromatic carbocycles. The lowest BCUT2D eigenvalue weighted by Gasteiger charge is -2.20. The van der Waals surface area contributed by atoms with Crippen LogP contribution in [0.2, 0.25) is 0 Å². The molecule has 0 radical (unpaired) electrons. The summed E-state index contributed by atoms with van der Waals surface area (Å²) in [5, 5.41) is 0.191. The summed E-state index contributed by atoms with van der Waals surface area (Å²) >= 11 is 5.59. The first-order chi connectivity index (χ1) is 7.91. The molecule has 0 saturated heterocycles. The van der Waals surface area contributed by atoms with Crippen LogP contribution in [0.1, 0.15) is 16.7 Å². The molecule has 17 heavy (non-hydrogen) atoms. The van der Waals surface area contributed by atoms with E-state index in [9.17, 15) is 0 Å². The van der Waals surface area contributed by atoms with Crippen molar-refractivity contribution in [1.29, 1.82) is 0 Å². The molecule has 0 amide bonds. The standard InChI is InChI=1S/C13H18ClN3/c1-9-6-5-7-10(2)12(9)8-17(4)13(15)16-11(3)14/h5-7H,3,8H2,1-2,4H3,(H2,15,16). The Kier molecular flexibility index (Phi) is 4.58. The smallest absolute Gasteiger partial charge is 0.197 e. The molecule has 0 aliphatic carbocycles. The molecule has 0 fully saturated rings. The van der Waals surface area contributed by atoms with Crippen molar-refractivity contribution in [2.75, 3.05) is 7.05 Å². The number of nitrogens with two attached hydrogens (primary N) is 1. The number of halogens is 1. The highest BCUT2D eigenvalue weighted by molar-refractivity contribution is 6.29. The molecule has 0 unspecified atom stereocenters. The minimum absolute atomic E-state index is 0.191. The third kappa shape index (κ3) is 3.79. The van der Waals surface area contributed by atoms with Gasteiger partial charge in [0, 0.05) is 13.6 Å². The van der Waals surface area contributed by atoms with Gasteiger partial charge in [0.1, 0.15) is 5.16 Å². The van der Waals surface area contributed by atoms with Crippen LogP contribution in [0.5, 0.6) is 0 Å². The zero-order valence-corrected chi connectivity index (χ0v) is 11.3. The molecule has 3 nitrogen and oxygen atoms in total. The van der Waals surface area contributed by atoms with E-state index >= 15 is 0 Å². The molecule has 0 aliphatic rings. The van der Waals surface area contributed by atoms with Crippen LogP contribution in [-0.2, 0) is 6.54 Å². The van der Waals surface area contributed by atoms with Crippen molar-refractivity contribution in [3.63, 3.8) is 0 Å². The van der Waals surface area contributed by atoms with Crippen molar-refractivity contribution < 1.29 is 0 Å². The van der Waals surface area contributed by atoms with Gasteiger partial charge in [-0.05, 0) is 30.5 Å². The number of benzene rings is 1. The fourth-order valence-corrected chi connectivity index (χ4v) is 1.71. The van der Waals surface area contributed by atoms with Gasteiger partial charge in [-0.25, -0.2) is 4.99 Å². The average Bonchev–Trinajstić information content (AvgIpc) is 2.22. The Morgan fingerprint density at radius 2 is 1.94 bits per heavy atom. The lowest BCUT2D eigenvalue weighted by molar-refractivity contribution is 0.491. The van der Waals surface area contributed by atoms with E-state index in [1.807, 2.05) is 18.0 Å². The van der Waals surface area contributed by atoms with Crippen LogP contribution >= 0.6 is 11.6 Å². The summed E-state index contributed by atoms with van der Waals surface area (Å²) in [4.78, 5) is 5.77. The Balaban J connectivity index is 2.88. The van der Waals surface area contributed by atoms with Gasteiger partial charge in [-0.2, -0.15) is 0 Å². The van der Waals surface area contributed by atoms with Gasteiger partial charge in [-0.1, -0.05) is 36.4 Å². The van der Waals surface area contributed by atoms with Gasteiger partial charge in [-0.3, -0.25) is 0 Å². The SMILES string of the molecule is C=C(Cl)N=C(N)N(C)Cc1c(C)cccc1C. The predicted octanol–water partition coefficient (Wildman–Crippen LogP) is 2.76. The second kappa shape index (κ2) is 5.73. The third-order valence-electron chi connectivity index (χ3n) is 2.67. The lowest BCUT2D eigenvalue weighted by Crippen LogP contribution is -2.33. The fraction of sp³-hybridized carbons (Fsp3) is 0.308.